The van der Waals surface area contributed by atoms with Crippen LogP contribution in [0.15, 0.2) is 42.5 Å². The van der Waals surface area contributed by atoms with E-state index in [4.69, 9.17) is 29.5 Å². The Kier molecular flexibility index (Phi) is 11.2. The summed E-state index contributed by atoms with van der Waals surface area (Å²) >= 11 is 6.01. The van der Waals surface area contributed by atoms with Crippen molar-refractivity contribution in [3.8, 4) is 5.75 Å². The molecule has 0 aliphatic heterocycles. The summed E-state index contributed by atoms with van der Waals surface area (Å²) < 4.78 is 28.4. The van der Waals surface area contributed by atoms with Crippen LogP contribution in [-0.2, 0) is 10.5 Å². The van der Waals surface area contributed by atoms with E-state index < -0.39 is 16.6 Å². The number of rotatable bonds is 9. The maximum atomic E-state index is 9.99. The van der Waals surface area contributed by atoms with Gasteiger partial charge in [0.15, 0.2) is 0 Å². The number of nitrogens with one attached hydrogen (secondary N) is 2. The summed E-state index contributed by atoms with van der Waals surface area (Å²) in [5, 5.41) is 14.2. The van der Waals surface area contributed by atoms with Crippen LogP contribution in [0, 0.1) is 18.6 Å². The van der Waals surface area contributed by atoms with Crippen molar-refractivity contribution >= 4 is 27.8 Å². The lowest BCUT2D eigenvalue weighted by molar-refractivity contribution is 0.0979. The number of aliphatic hydroxyl groups is 1. The number of ether oxygens (including phenoxy) is 1. The lowest BCUT2D eigenvalue weighted by Crippen LogP contribution is -2.17. The Morgan fingerprint density at radius 1 is 1.14 bits per heavy atom. The smallest absolute Gasteiger partial charge is 0.308 e. The molecule has 0 spiro atoms. The zero-order chi connectivity index (χ0) is 20.9. The van der Waals surface area contributed by atoms with E-state index in [1.54, 1.807) is 0 Å². The maximum Gasteiger partial charge on any atom is 0.308 e. The lowest BCUT2D eigenvalue weighted by atomic mass is 10.1. The number of unbranched alkanes of at least 4 members (excludes halogenated alkanes) is 1. The highest BCUT2D eigenvalue weighted by atomic mass is 35.5. The molecule has 0 heterocycles. The molecule has 0 bridgehead atoms. The van der Waals surface area contributed by atoms with Crippen molar-refractivity contribution in [3.05, 3.63) is 58.6 Å². The van der Waals surface area contributed by atoms with Gasteiger partial charge in [0.2, 0.25) is 0 Å². The van der Waals surface area contributed by atoms with Gasteiger partial charge < -0.3 is 15.2 Å². The Balaban J connectivity index is 0.000000892. The van der Waals surface area contributed by atoms with Gasteiger partial charge in [-0.1, -0.05) is 29.3 Å². The average Bonchev–Trinajstić information content (AvgIpc) is 2.63. The second kappa shape index (κ2) is 13.1. The highest BCUT2D eigenvalue weighted by Crippen LogP contribution is 2.19. The number of hydrogen-bond acceptors (Lipinski definition) is 6. The number of hydrogen-bond donors (Lipinski definition) is 3. The van der Waals surface area contributed by atoms with Crippen LogP contribution in [0.25, 0.3) is 0 Å². The Morgan fingerprint density at radius 2 is 1.79 bits per heavy atom. The van der Waals surface area contributed by atoms with E-state index in [2.05, 4.69) is 5.32 Å². The third-order valence-corrected chi connectivity index (χ3v) is 4.34. The first-order valence-electron chi connectivity index (χ1n) is 8.96. The van der Waals surface area contributed by atoms with Crippen molar-refractivity contribution < 1.29 is 18.3 Å². The van der Waals surface area contributed by atoms with Crippen LogP contribution in [0.3, 0.4) is 0 Å². The Hall–Kier alpha value is -2.09. The van der Waals surface area contributed by atoms with E-state index in [0.717, 1.165) is 47.8 Å². The molecule has 0 saturated heterocycles. The van der Waals surface area contributed by atoms with Crippen LogP contribution in [0.2, 0.25) is 5.02 Å². The van der Waals surface area contributed by atoms with Crippen molar-refractivity contribution in [2.75, 3.05) is 18.5 Å². The Labute approximate surface area is 173 Å². The van der Waals surface area contributed by atoms with Gasteiger partial charge in [-0.05, 0) is 69.0 Å². The summed E-state index contributed by atoms with van der Waals surface area (Å²) in [6.07, 6.45) is 2.28. The van der Waals surface area contributed by atoms with E-state index in [-0.39, 0.29) is 0 Å². The maximum absolute atomic E-state index is 9.99. The molecule has 0 radical (unpaired) electrons. The highest BCUT2D eigenvalue weighted by Gasteiger charge is 2.05. The van der Waals surface area contributed by atoms with Gasteiger partial charge in [0.05, 0.1) is 6.10 Å². The third-order valence-electron chi connectivity index (χ3n) is 3.91. The van der Waals surface area contributed by atoms with E-state index in [1.165, 1.54) is 5.56 Å². The molecule has 0 saturated carbocycles. The number of benzene rings is 2. The molecule has 0 aromatic heterocycles. The monoisotopic (exact) mass is 426 g/mol. The molecule has 1 atom stereocenters. The van der Waals surface area contributed by atoms with Crippen LogP contribution in [-0.4, -0.2) is 32.8 Å². The van der Waals surface area contributed by atoms with Crippen molar-refractivity contribution in [1.82, 2.24) is 0 Å². The van der Waals surface area contributed by atoms with E-state index in [9.17, 15) is 5.11 Å². The molecule has 8 heteroatoms. The van der Waals surface area contributed by atoms with Gasteiger partial charge in [-0.3, -0.25) is 0 Å². The molecular weight excluding hydrogens is 400 g/mol. The first-order valence-corrected chi connectivity index (χ1v) is 10.4. The summed E-state index contributed by atoms with van der Waals surface area (Å²) in [5.74, 6) is 0.805. The molecule has 154 valence electrons. The number of aryl methyl sites for hydroxylation is 2. The molecular formula is C20H27ClN2O4S. The molecule has 1 unspecified atom stereocenters. The quantitative estimate of drug-likeness (QED) is 0.508. The van der Waals surface area contributed by atoms with Gasteiger partial charge >= 0.3 is 10.5 Å². The molecule has 0 amide bonds. The van der Waals surface area contributed by atoms with Crippen molar-refractivity contribution in [1.29, 1.82) is 4.78 Å². The molecule has 3 N–H and O–H groups in total. The molecule has 28 heavy (non-hydrogen) atoms. The molecule has 0 aliphatic carbocycles. The second-order valence-electron chi connectivity index (χ2n) is 6.40. The minimum Gasteiger partial charge on any atom is -0.491 e. The van der Waals surface area contributed by atoms with Crippen molar-refractivity contribution in [2.45, 2.75) is 39.2 Å². The second-order valence-corrected chi connectivity index (χ2v) is 7.28. The zero-order valence-corrected chi connectivity index (χ0v) is 17.7. The number of aliphatic hydroxyl groups excluding tert-OH is 1. The first-order chi connectivity index (χ1) is 13.3. The fourth-order valence-corrected chi connectivity index (χ4v) is 2.52. The normalized spacial score (nSPS) is 11.1. The Morgan fingerprint density at radius 3 is 2.39 bits per heavy atom. The molecule has 0 fully saturated rings. The van der Waals surface area contributed by atoms with Crippen LogP contribution >= 0.6 is 11.6 Å². The van der Waals surface area contributed by atoms with Gasteiger partial charge in [-0.2, -0.15) is 13.2 Å². The van der Waals surface area contributed by atoms with Crippen LogP contribution < -0.4 is 10.1 Å². The van der Waals surface area contributed by atoms with E-state index in [0.29, 0.717) is 6.61 Å². The van der Waals surface area contributed by atoms with Gasteiger partial charge in [-0.15, -0.1) is 0 Å². The largest absolute Gasteiger partial charge is 0.491 e. The molecule has 2 aromatic carbocycles. The predicted molar refractivity (Wildman–Crippen MR) is 113 cm³/mol. The van der Waals surface area contributed by atoms with Crippen LogP contribution in [0.1, 0.15) is 30.4 Å². The fourth-order valence-electron chi connectivity index (χ4n) is 2.40. The first kappa shape index (κ1) is 23.9. The highest BCUT2D eigenvalue weighted by molar-refractivity contribution is 7.60. The van der Waals surface area contributed by atoms with Gasteiger partial charge in [0.25, 0.3) is 0 Å². The summed E-state index contributed by atoms with van der Waals surface area (Å²) in [7, 11) is -2.61. The summed E-state index contributed by atoms with van der Waals surface area (Å²) in [5.41, 5.74) is 3.36. The topological polar surface area (TPSA) is 99.5 Å². The Bertz CT molecular complexity index is 820. The minimum atomic E-state index is -2.61. The van der Waals surface area contributed by atoms with Crippen molar-refractivity contribution in [2.24, 2.45) is 0 Å². The minimum absolute atomic E-state index is 0.340. The van der Waals surface area contributed by atoms with Crippen LogP contribution in [0.4, 0.5) is 5.69 Å². The van der Waals surface area contributed by atoms with Crippen LogP contribution in [0.5, 0.6) is 5.75 Å². The van der Waals surface area contributed by atoms with Gasteiger partial charge in [-0.25, -0.2) is 0 Å². The van der Waals surface area contributed by atoms with Crippen molar-refractivity contribution in [3.63, 3.8) is 0 Å². The van der Waals surface area contributed by atoms with Gasteiger partial charge in [0, 0.05) is 17.3 Å². The fraction of sp³-hybridized carbons (Fsp3) is 0.400. The molecule has 6 nitrogen and oxygen atoms in total. The zero-order valence-electron chi connectivity index (χ0n) is 16.1. The number of anilines is 1. The van der Waals surface area contributed by atoms with E-state index in [1.807, 2.05) is 56.3 Å². The average molecular weight is 427 g/mol. The molecule has 2 aromatic rings. The molecule has 2 rings (SSSR count). The number of halogens is 1. The van der Waals surface area contributed by atoms with E-state index >= 15 is 0 Å². The molecule has 0 aliphatic rings. The standard InChI is InChI=1S/C20H26ClNO2.HNO2S/c1-15-6-9-19(10-7-15)24-14-18(23)5-3-4-12-22-17-8-11-20(21)16(2)13-17;1-4(2)3/h6-11,13,18,22-23H,3-5,12,14H2,1-2H3;1H. The summed E-state index contributed by atoms with van der Waals surface area (Å²) in [6.45, 7) is 5.26. The summed E-state index contributed by atoms with van der Waals surface area (Å²) in [6, 6.07) is 13.8. The van der Waals surface area contributed by atoms with Gasteiger partial charge in [0.1, 0.15) is 12.4 Å². The summed E-state index contributed by atoms with van der Waals surface area (Å²) in [4.78, 5) is 0. The SMILES string of the molecule is Cc1ccc(OCC(O)CCCCNc2ccc(Cl)c(C)c2)cc1.N=S(=O)=O. The third kappa shape index (κ3) is 10.9. The predicted octanol–water partition coefficient (Wildman–Crippen LogP) is 4.61. The lowest BCUT2D eigenvalue weighted by Gasteiger charge is -2.13.